The molecule has 0 aromatic heterocycles. The van der Waals surface area contributed by atoms with Crippen LogP contribution in [0, 0.1) is 5.92 Å². The zero-order valence-electron chi connectivity index (χ0n) is 16.2. The first-order chi connectivity index (χ1) is 14.0. The van der Waals surface area contributed by atoms with Crippen molar-refractivity contribution in [3.63, 3.8) is 0 Å². The van der Waals surface area contributed by atoms with Crippen molar-refractivity contribution in [3.05, 3.63) is 75.4 Å². The Morgan fingerprint density at radius 1 is 0.966 bits per heavy atom. The fraction of sp³-hybridized carbons (Fsp3) is 0.304. The summed E-state index contributed by atoms with van der Waals surface area (Å²) >= 11 is 12.5. The highest BCUT2D eigenvalue weighted by molar-refractivity contribution is 6.41. The van der Waals surface area contributed by atoms with Crippen LogP contribution < -0.4 is 0 Å². The van der Waals surface area contributed by atoms with Crippen molar-refractivity contribution in [3.8, 4) is 0 Å². The number of rotatable bonds is 4. The third kappa shape index (κ3) is 3.92. The summed E-state index contributed by atoms with van der Waals surface area (Å²) in [6.07, 6.45) is 1.98. The number of hydrogen-bond donors (Lipinski definition) is 0. The topological polar surface area (TPSA) is 40.6 Å². The summed E-state index contributed by atoms with van der Waals surface area (Å²) in [6.45, 7) is 3.96. The SMILES string of the molecule is CC1CCN(C2=C(c3ccc(Cl)cc3Cl)C(=O)N(Cc3ccccc3)C2=O)CC1. The van der Waals surface area contributed by atoms with Gasteiger partial charge in [0.25, 0.3) is 11.8 Å². The summed E-state index contributed by atoms with van der Waals surface area (Å²) < 4.78 is 0. The molecule has 1 fully saturated rings. The molecule has 29 heavy (non-hydrogen) atoms. The van der Waals surface area contributed by atoms with E-state index in [1.165, 1.54) is 4.90 Å². The van der Waals surface area contributed by atoms with Gasteiger partial charge in [-0.15, -0.1) is 0 Å². The largest absolute Gasteiger partial charge is 0.366 e. The van der Waals surface area contributed by atoms with E-state index in [0.29, 0.717) is 32.8 Å². The van der Waals surface area contributed by atoms with Crippen molar-refractivity contribution in [2.75, 3.05) is 13.1 Å². The van der Waals surface area contributed by atoms with Crippen LogP contribution in [0.1, 0.15) is 30.9 Å². The van der Waals surface area contributed by atoms with Crippen LogP contribution in [0.4, 0.5) is 0 Å². The molecule has 1 saturated heterocycles. The maximum Gasteiger partial charge on any atom is 0.278 e. The van der Waals surface area contributed by atoms with Crippen molar-refractivity contribution in [2.24, 2.45) is 5.92 Å². The fourth-order valence-electron chi connectivity index (χ4n) is 3.93. The van der Waals surface area contributed by atoms with Crippen LogP contribution in [-0.2, 0) is 16.1 Å². The van der Waals surface area contributed by atoms with Gasteiger partial charge in [-0.25, -0.2) is 0 Å². The minimum absolute atomic E-state index is 0.237. The minimum atomic E-state index is -0.309. The highest BCUT2D eigenvalue weighted by Gasteiger charge is 2.42. The lowest BCUT2D eigenvalue weighted by Gasteiger charge is -2.32. The molecule has 4 rings (SSSR count). The minimum Gasteiger partial charge on any atom is -0.366 e. The molecule has 2 amide bonds. The molecule has 0 aliphatic carbocycles. The van der Waals surface area contributed by atoms with Crippen molar-refractivity contribution in [1.82, 2.24) is 9.80 Å². The first-order valence-electron chi connectivity index (χ1n) is 9.80. The van der Waals surface area contributed by atoms with Gasteiger partial charge < -0.3 is 4.90 Å². The summed E-state index contributed by atoms with van der Waals surface area (Å²) in [5.74, 6) is 0.0492. The van der Waals surface area contributed by atoms with Gasteiger partial charge in [0.1, 0.15) is 5.70 Å². The molecule has 150 valence electrons. The standard InChI is InChI=1S/C23H22Cl2N2O2/c1-15-9-11-26(12-10-15)21-20(18-8-7-17(24)13-19(18)25)22(28)27(23(21)29)14-16-5-3-2-4-6-16/h2-8,13,15H,9-12,14H2,1H3. The van der Waals surface area contributed by atoms with Crippen LogP contribution >= 0.6 is 23.2 Å². The van der Waals surface area contributed by atoms with Crippen LogP contribution in [0.25, 0.3) is 5.57 Å². The summed E-state index contributed by atoms with van der Waals surface area (Å²) in [6, 6.07) is 14.6. The van der Waals surface area contributed by atoms with Crippen LogP contribution in [-0.4, -0.2) is 34.7 Å². The molecule has 2 aliphatic rings. The number of carbonyl (C=O) groups excluding carboxylic acids is 2. The Morgan fingerprint density at radius 2 is 1.66 bits per heavy atom. The number of hydrogen-bond acceptors (Lipinski definition) is 3. The van der Waals surface area contributed by atoms with E-state index in [1.807, 2.05) is 35.2 Å². The monoisotopic (exact) mass is 428 g/mol. The van der Waals surface area contributed by atoms with Gasteiger partial charge in [-0.2, -0.15) is 0 Å². The predicted molar refractivity (Wildman–Crippen MR) is 115 cm³/mol. The summed E-state index contributed by atoms with van der Waals surface area (Å²) in [5.41, 5.74) is 2.30. The summed E-state index contributed by atoms with van der Waals surface area (Å²) in [7, 11) is 0. The lowest BCUT2D eigenvalue weighted by molar-refractivity contribution is -0.138. The Bertz CT molecular complexity index is 980. The van der Waals surface area contributed by atoms with Crippen LogP contribution in [0.3, 0.4) is 0 Å². The average molecular weight is 429 g/mol. The Hall–Kier alpha value is -2.30. The zero-order valence-corrected chi connectivity index (χ0v) is 17.7. The lowest BCUT2D eigenvalue weighted by atomic mass is 9.97. The molecule has 0 atom stereocenters. The van der Waals surface area contributed by atoms with E-state index in [-0.39, 0.29) is 18.4 Å². The van der Waals surface area contributed by atoms with Crippen molar-refractivity contribution in [1.29, 1.82) is 0 Å². The number of carbonyl (C=O) groups is 2. The second kappa shape index (κ2) is 8.21. The quantitative estimate of drug-likeness (QED) is 0.642. The van der Waals surface area contributed by atoms with Crippen molar-refractivity contribution in [2.45, 2.75) is 26.3 Å². The number of amides is 2. The van der Waals surface area contributed by atoms with Gasteiger partial charge in [-0.1, -0.05) is 66.5 Å². The number of benzene rings is 2. The van der Waals surface area contributed by atoms with Gasteiger partial charge in [-0.3, -0.25) is 14.5 Å². The molecule has 6 heteroatoms. The maximum atomic E-state index is 13.4. The van der Waals surface area contributed by atoms with Crippen LogP contribution in [0.2, 0.25) is 10.0 Å². The molecule has 0 unspecified atom stereocenters. The molecule has 2 aromatic rings. The van der Waals surface area contributed by atoms with Gasteiger partial charge in [0.15, 0.2) is 0 Å². The molecule has 0 N–H and O–H groups in total. The Labute approximate surface area is 180 Å². The van der Waals surface area contributed by atoms with Gasteiger partial charge in [-0.05, 0) is 36.5 Å². The normalized spacial score (nSPS) is 18.2. The predicted octanol–water partition coefficient (Wildman–Crippen LogP) is 5.01. The Morgan fingerprint density at radius 3 is 2.31 bits per heavy atom. The first kappa shape index (κ1) is 20.0. The van der Waals surface area contributed by atoms with Gasteiger partial charge in [0.2, 0.25) is 0 Å². The van der Waals surface area contributed by atoms with E-state index in [2.05, 4.69) is 6.92 Å². The Balaban J connectivity index is 1.76. The first-order valence-corrected chi connectivity index (χ1v) is 10.6. The van der Waals surface area contributed by atoms with Gasteiger partial charge in [0, 0.05) is 23.7 Å². The molecule has 2 aromatic carbocycles. The van der Waals surface area contributed by atoms with E-state index < -0.39 is 0 Å². The van der Waals surface area contributed by atoms with E-state index in [4.69, 9.17) is 23.2 Å². The average Bonchev–Trinajstić information content (AvgIpc) is 2.94. The molecule has 0 spiro atoms. The maximum absolute atomic E-state index is 13.4. The Kier molecular flexibility index (Phi) is 5.66. The van der Waals surface area contributed by atoms with E-state index >= 15 is 0 Å². The van der Waals surface area contributed by atoms with E-state index in [1.54, 1.807) is 18.2 Å². The highest BCUT2D eigenvalue weighted by atomic mass is 35.5. The number of halogens is 2. The van der Waals surface area contributed by atoms with Crippen LogP contribution in [0.5, 0.6) is 0 Å². The summed E-state index contributed by atoms with van der Waals surface area (Å²) in [4.78, 5) is 30.2. The second-order valence-electron chi connectivity index (χ2n) is 7.70. The number of piperidine rings is 1. The molecule has 0 radical (unpaired) electrons. The molecule has 0 saturated carbocycles. The van der Waals surface area contributed by atoms with Crippen molar-refractivity contribution >= 4 is 40.6 Å². The molecule has 2 aliphatic heterocycles. The summed E-state index contributed by atoms with van der Waals surface area (Å²) in [5, 5.41) is 0.865. The number of nitrogens with zero attached hydrogens (tertiary/aromatic N) is 2. The van der Waals surface area contributed by atoms with Crippen LogP contribution in [0.15, 0.2) is 54.2 Å². The molecular weight excluding hydrogens is 407 g/mol. The fourth-order valence-corrected chi connectivity index (χ4v) is 4.44. The molecular formula is C23H22Cl2N2O2. The molecule has 0 bridgehead atoms. The number of imide groups is 1. The zero-order chi connectivity index (χ0) is 20.5. The third-order valence-electron chi connectivity index (χ3n) is 5.63. The molecule has 2 heterocycles. The van der Waals surface area contributed by atoms with E-state index in [0.717, 1.165) is 31.5 Å². The number of likely N-dealkylation sites (tertiary alicyclic amines) is 1. The third-order valence-corrected chi connectivity index (χ3v) is 6.18. The van der Waals surface area contributed by atoms with E-state index in [9.17, 15) is 9.59 Å². The highest BCUT2D eigenvalue weighted by Crippen LogP contribution is 2.38. The van der Waals surface area contributed by atoms with Gasteiger partial charge in [0.05, 0.1) is 17.1 Å². The van der Waals surface area contributed by atoms with Crippen molar-refractivity contribution < 1.29 is 9.59 Å². The lowest BCUT2D eigenvalue weighted by Crippen LogP contribution is -2.38. The molecule has 4 nitrogen and oxygen atoms in total. The second-order valence-corrected chi connectivity index (χ2v) is 8.54. The van der Waals surface area contributed by atoms with Gasteiger partial charge >= 0.3 is 0 Å². The smallest absolute Gasteiger partial charge is 0.278 e.